The van der Waals surface area contributed by atoms with Crippen LogP contribution in [-0.4, -0.2) is 56.1 Å². The highest BCUT2D eigenvalue weighted by Gasteiger charge is 2.44. The second kappa shape index (κ2) is 9.64. The van der Waals surface area contributed by atoms with Gasteiger partial charge in [-0.1, -0.05) is 30.3 Å². The van der Waals surface area contributed by atoms with Crippen LogP contribution in [0.3, 0.4) is 0 Å². The minimum absolute atomic E-state index is 0.0608. The zero-order chi connectivity index (χ0) is 28.4. The summed E-state index contributed by atoms with van der Waals surface area (Å²) < 4.78 is 32.1. The van der Waals surface area contributed by atoms with Gasteiger partial charge in [0.1, 0.15) is 23.5 Å². The number of carboxylic acids is 1. The van der Waals surface area contributed by atoms with E-state index in [0.29, 0.717) is 34.7 Å². The van der Waals surface area contributed by atoms with Crippen molar-refractivity contribution in [3.8, 4) is 11.3 Å². The van der Waals surface area contributed by atoms with Gasteiger partial charge in [0.15, 0.2) is 5.65 Å². The number of carboxylic acid groups (broad SMARTS) is 1. The summed E-state index contributed by atoms with van der Waals surface area (Å²) in [4.78, 5) is 33.4. The van der Waals surface area contributed by atoms with Crippen molar-refractivity contribution in [2.75, 3.05) is 24.5 Å². The molecule has 4 heterocycles. The maximum absolute atomic E-state index is 15.3. The molecule has 2 aromatic carbocycles. The molecule has 2 aliphatic heterocycles. The first kappa shape index (κ1) is 25.6. The summed E-state index contributed by atoms with van der Waals surface area (Å²) >= 11 is 0. The molecule has 7 rings (SSSR count). The van der Waals surface area contributed by atoms with Crippen LogP contribution >= 0.6 is 0 Å². The number of anilines is 1. The van der Waals surface area contributed by atoms with Crippen molar-refractivity contribution in [2.45, 2.75) is 44.3 Å². The Bertz CT molecular complexity index is 1700. The lowest BCUT2D eigenvalue weighted by molar-refractivity contribution is -0.138. The number of hydrogen-bond acceptors (Lipinski definition) is 5. The van der Waals surface area contributed by atoms with Crippen molar-refractivity contribution >= 4 is 23.3 Å². The van der Waals surface area contributed by atoms with Crippen LogP contribution in [0.15, 0.2) is 54.6 Å². The molecule has 0 spiro atoms. The van der Waals surface area contributed by atoms with Crippen LogP contribution in [0, 0.1) is 11.7 Å². The SMILES string of the molecule is C[C@@H]1c2ccccc2[C@H](F)CN1C(=O)c1cc(N2CCCC2)n2nc(-c3ccc([C@H]4C[C@@H]4C(=O)O)cc3F)cc2n1. The molecule has 3 aliphatic rings. The van der Waals surface area contributed by atoms with Gasteiger partial charge in [-0.2, -0.15) is 9.61 Å². The van der Waals surface area contributed by atoms with Crippen LogP contribution in [0.4, 0.5) is 14.6 Å². The van der Waals surface area contributed by atoms with E-state index in [0.717, 1.165) is 31.5 Å². The fourth-order valence-corrected chi connectivity index (χ4v) is 6.36. The number of carbonyl (C=O) groups excluding carboxylic acids is 1. The molecule has 1 saturated carbocycles. The number of aliphatic carboxylic acids is 1. The monoisotopic (exact) mass is 557 g/mol. The third kappa shape index (κ3) is 4.32. The van der Waals surface area contributed by atoms with E-state index < -0.39 is 23.9 Å². The van der Waals surface area contributed by atoms with Gasteiger partial charge in [0.25, 0.3) is 5.91 Å². The molecule has 210 valence electrons. The summed E-state index contributed by atoms with van der Waals surface area (Å²) in [6.07, 6.45) is 1.22. The molecule has 10 heteroatoms. The molecule has 1 aliphatic carbocycles. The Hall–Kier alpha value is -4.34. The van der Waals surface area contributed by atoms with Crippen LogP contribution in [0.1, 0.15) is 71.5 Å². The second-order valence-electron chi connectivity index (χ2n) is 11.2. The molecule has 4 atom stereocenters. The lowest BCUT2D eigenvalue weighted by Crippen LogP contribution is -2.40. The lowest BCUT2D eigenvalue weighted by Gasteiger charge is -2.37. The third-order valence-corrected chi connectivity index (χ3v) is 8.73. The number of benzene rings is 2. The van der Waals surface area contributed by atoms with Crippen molar-refractivity contribution in [1.82, 2.24) is 19.5 Å². The molecule has 41 heavy (non-hydrogen) atoms. The van der Waals surface area contributed by atoms with Crippen molar-refractivity contribution in [1.29, 1.82) is 0 Å². The number of amides is 1. The second-order valence-corrected chi connectivity index (χ2v) is 11.2. The van der Waals surface area contributed by atoms with Gasteiger partial charge in [-0.3, -0.25) is 9.59 Å². The average molecular weight is 558 g/mol. The molecule has 1 N–H and O–H groups in total. The summed E-state index contributed by atoms with van der Waals surface area (Å²) in [5, 5.41) is 13.9. The van der Waals surface area contributed by atoms with Crippen LogP contribution in [-0.2, 0) is 4.79 Å². The summed E-state index contributed by atoms with van der Waals surface area (Å²) in [6.45, 7) is 3.41. The molecular weight excluding hydrogens is 528 g/mol. The van der Waals surface area contributed by atoms with Crippen molar-refractivity contribution in [2.24, 2.45) is 5.92 Å². The largest absolute Gasteiger partial charge is 0.481 e. The molecule has 0 unspecified atom stereocenters. The van der Waals surface area contributed by atoms with Crippen LogP contribution in [0.2, 0.25) is 0 Å². The highest BCUT2D eigenvalue weighted by molar-refractivity contribution is 5.94. The highest BCUT2D eigenvalue weighted by atomic mass is 19.1. The molecule has 2 aromatic heterocycles. The van der Waals surface area contributed by atoms with Gasteiger partial charge in [0.05, 0.1) is 24.2 Å². The summed E-state index contributed by atoms with van der Waals surface area (Å²) in [5.41, 5.74) is 3.27. The van der Waals surface area contributed by atoms with Crippen molar-refractivity contribution in [3.05, 3.63) is 82.8 Å². The van der Waals surface area contributed by atoms with E-state index in [1.165, 1.54) is 11.0 Å². The van der Waals surface area contributed by atoms with Crippen LogP contribution in [0.5, 0.6) is 0 Å². The maximum atomic E-state index is 15.3. The molecule has 4 aromatic rings. The van der Waals surface area contributed by atoms with Crippen molar-refractivity contribution < 1.29 is 23.5 Å². The van der Waals surface area contributed by atoms with Crippen LogP contribution in [0.25, 0.3) is 16.9 Å². The summed E-state index contributed by atoms with van der Waals surface area (Å²) in [5.74, 6) is -1.69. The van der Waals surface area contributed by atoms with E-state index in [2.05, 4.69) is 15.0 Å². The van der Waals surface area contributed by atoms with Gasteiger partial charge >= 0.3 is 5.97 Å². The minimum atomic E-state index is -1.29. The zero-order valence-electron chi connectivity index (χ0n) is 22.5. The molecule has 1 amide bonds. The Kier molecular flexibility index (Phi) is 6.02. The first-order valence-electron chi connectivity index (χ1n) is 14.0. The molecule has 1 saturated heterocycles. The van der Waals surface area contributed by atoms with Gasteiger partial charge < -0.3 is 14.9 Å². The van der Waals surface area contributed by atoms with E-state index in [1.54, 1.807) is 40.9 Å². The quantitative estimate of drug-likeness (QED) is 0.346. The fraction of sp³-hybridized carbons (Fsp3) is 0.355. The highest BCUT2D eigenvalue weighted by Crippen LogP contribution is 2.48. The normalized spacial score (nSPS) is 23.6. The maximum Gasteiger partial charge on any atom is 0.307 e. The van der Waals surface area contributed by atoms with Gasteiger partial charge in [-0.15, -0.1) is 0 Å². The van der Waals surface area contributed by atoms with E-state index in [1.807, 2.05) is 19.1 Å². The predicted octanol–water partition coefficient (Wildman–Crippen LogP) is 5.55. The van der Waals surface area contributed by atoms with Gasteiger partial charge in [0, 0.05) is 30.8 Å². The zero-order valence-corrected chi connectivity index (χ0v) is 22.5. The minimum Gasteiger partial charge on any atom is -0.481 e. The van der Waals surface area contributed by atoms with E-state index >= 15 is 8.78 Å². The van der Waals surface area contributed by atoms with E-state index in [9.17, 15) is 14.7 Å². The fourth-order valence-electron chi connectivity index (χ4n) is 6.36. The first-order chi connectivity index (χ1) is 19.8. The number of aromatic nitrogens is 3. The van der Waals surface area contributed by atoms with E-state index in [4.69, 9.17) is 0 Å². The Morgan fingerprint density at radius 2 is 1.78 bits per heavy atom. The Morgan fingerprint density at radius 1 is 1.02 bits per heavy atom. The topological polar surface area (TPSA) is 91.0 Å². The number of hydrogen-bond donors (Lipinski definition) is 1. The smallest absolute Gasteiger partial charge is 0.307 e. The number of rotatable bonds is 5. The first-order valence-corrected chi connectivity index (χ1v) is 14.0. The molecule has 2 fully saturated rings. The summed E-state index contributed by atoms with van der Waals surface area (Å²) in [7, 11) is 0. The number of fused-ring (bicyclic) bond motifs is 2. The molecule has 0 radical (unpaired) electrons. The van der Waals surface area contributed by atoms with E-state index in [-0.39, 0.29) is 35.7 Å². The Morgan fingerprint density at radius 3 is 2.49 bits per heavy atom. The number of alkyl halides is 1. The average Bonchev–Trinajstić information content (AvgIpc) is 3.38. The number of halogens is 2. The van der Waals surface area contributed by atoms with Gasteiger partial charge in [0.2, 0.25) is 0 Å². The third-order valence-electron chi connectivity index (χ3n) is 8.73. The molecular formula is C31H29F2N5O3. The Balaban J connectivity index is 1.26. The standard InChI is InChI=1S/C31H29F2N5O3/c1-17-19-6-2-3-7-20(19)25(33)16-37(17)30(39)27-15-29(36-10-4-5-11-36)38-28(34-27)14-26(35-38)21-9-8-18(12-24(21)32)22-13-23(22)31(40)41/h2-3,6-9,12,14-15,17,22-23,25H,4-5,10-11,13,16H2,1H3,(H,40,41)/t17-,22-,23+,25-/m1/s1. The number of carbonyl (C=O) groups is 2. The van der Waals surface area contributed by atoms with Crippen molar-refractivity contribution in [3.63, 3.8) is 0 Å². The Labute approximate surface area is 235 Å². The van der Waals surface area contributed by atoms with Gasteiger partial charge in [-0.05, 0) is 60.9 Å². The molecule has 8 nitrogen and oxygen atoms in total. The van der Waals surface area contributed by atoms with Gasteiger partial charge in [-0.25, -0.2) is 13.8 Å². The molecule has 0 bridgehead atoms. The summed E-state index contributed by atoms with van der Waals surface area (Å²) in [6, 6.07) is 15.1. The lowest BCUT2D eigenvalue weighted by atomic mass is 9.92. The number of nitrogens with zero attached hydrogens (tertiary/aromatic N) is 5. The van der Waals surface area contributed by atoms with Crippen LogP contribution < -0.4 is 4.90 Å². The predicted molar refractivity (Wildman–Crippen MR) is 148 cm³/mol.